The number of amides is 2. The van der Waals surface area contributed by atoms with Crippen LogP contribution in [0.1, 0.15) is 10.4 Å². The van der Waals surface area contributed by atoms with E-state index in [1.807, 2.05) is 30.3 Å². The van der Waals surface area contributed by atoms with Gasteiger partial charge in [-0.1, -0.05) is 29.8 Å². The van der Waals surface area contributed by atoms with Crippen LogP contribution in [0.5, 0.6) is 0 Å². The van der Waals surface area contributed by atoms with Crippen molar-refractivity contribution in [2.45, 2.75) is 0 Å². The van der Waals surface area contributed by atoms with Crippen LogP contribution in [-0.4, -0.2) is 41.3 Å². The Bertz CT molecular complexity index is 1000. The van der Waals surface area contributed by atoms with Crippen molar-refractivity contribution in [2.75, 3.05) is 24.5 Å². The number of hydrogen-bond donors (Lipinski definition) is 0. The molecule has 3 aromatic rings. The van der Waals surface area contributed by atoms with Gasteiger partial charge in [-0.3, -0.25) is 14.6 Å². The summed E-state index contributed by atoms with van der Waals surface area (Å²) in [6.45, 7) is 0.961. The monoisotopic (exact) mass is 365 g/mol. The van der Waals surface area contributed by atoms with Crippen molar-refractivity contribution < 1.29 is 9.59 Å². The fourth-order valence-corrected chi connectivity index (χ4v) is 3.43. The molecule has 0 unspecified atom stereocenters. The molecule has 26 heavy (non-hydrogen) atoms. The number of nitrogens with zero attached hydrogens (tertiary/aromatic N) is 3. The molecule has 5 nitrogen and oxygen atoms in total. The maximum atomic E-state index is 13.0. The van der Waals surface area contributed by atoms with Gasteiger partial charge in [0.15, 0.2) is 0 Å². The maximum Gasteiger partial charge on any atom is 0.255 e. The van der Waals surface area contributed by atoms with Crippen molar-refractivity contribution in [3.63, 3.8) is 0 Å². The Labute approximate surface area is 155 Å². The van der Waals surface area contributed by atoms with Gasteiger partial charge in [-0.25, -0.2) is 0 Å². The topological polar surface area (TPSA) is 53.5 Å². The molecule has 1 saturated heterocycles. The Morgan fingerprint density at radius 1 is 1.08 bits per heavy atom. The zero-order valence-electron chi connectivity index (χ0n) is 13.9. The Kier molecular flexibility index (Phi) is 4.31. The predicted molar refractivity (Wildman–Crippen MR) is 101 cm³/mol. The van der Waals surface area contributed by atoms with E-state index >= 15 is 0 Å². The van der Waals surface area contributed by atoms with Gasteiger partial charge in [-0.05, 0) is 35.7 Å². The summed E-state index contributed by atoms with van der Waals surface area (Å²) in [5.41, 5.74) is 1.35. The molecule has 2 heterocycles. The number of benzene rings is 2. The van der Waals surface area contributed by atoms with E-state index in [1.165, 1.54) is 0 Å². The molecule has 130 valence electrons. The van der Waals surface area contributed by atoms with Crippen molar-refractivity contribution in [3.8, 4) is 0 Å². The molecule has 4 rings (SSSR count). The van der Waals surface area contributed by atoms with Gasteiger partial charge in [0.25, 0.3) is 5.91 Å². The summed E-state index contributed by atoms with van der Waals surface area (Å²) in [6.07, 6.45) is 3.40. The Morgan fingerprint density at radius 2 is 1.92 bits per heavy atom. The second-order valence-electron chi connectivity index (χ2n) is 6.15. The molecule has 1 aromatic heterocycles. The number of anilines is 1. The summed E-state index contributed by atoms with van der Waals surface area (Å²) in [5.74, 6) is -0.255. The lowest BCUT2D eigenvalue weighted by Gasteiger charge is -2.34. The molecule has 2 aromatic carbocycles. The van der Waals surface area contributed by atoms with E-state index in [0.29, 0.717) is 23.7 Å². The summed E-state index contributed by atoms with van der Waals surface area (Å²) < 4.78 is 0. The van der Waals surface area contributed by atoms with Crippen LogP contribution in [0.25, 0.3) is 10.8 Å². The Hall–Kier alpha value is -2.92. The molecule has 1 aliphatic heterocycles. The fourth-order valence-electron chi connectivity index (χ4n) is 3.24. The number of halogens is 1. The van der Waals surface area contributed by atoms with Crippen molar-refractivity contribution in [3.05, 3.63) is 71.5 Å². The number of carbonyl (C=O) groups excluding carboxylic acids is 2. The van der Waals surface area contributed by atoms with E-state index in [9.17, 15) is 9.59 Å². The summed E-state index contributed by atoms with van der Waals surface area (Å²) >= 11 is 6.02. The third-order valence-corrected chi connectivity index (χ3v) is 4.77. The number of aromatic nitrogens is 1. The highest BCUT2D eigenvalue weighted by atomic mass is 35.5. The summed E-state index contributed by atoms with van der Waals surface area (Å²) in [7, 11) is 0. The minimum atomic E-state index is -0.138. The van der Waals surface area contributed by atoms with Gasteiger partial charge in [0, 0.05) is 47.1 Å². The molecular weight excluding hydrogens is 350 g/mol. The molecule has 0 aliphatic carbocycles. The summed E-state index contributed by atoms with van der Waals surface area (Å²) in [4.78, 5) is 32.9. The van der Waals surface area contributed by atoms with Crippen LogP contribution in [-0.2, 0) is 4.79 Å². The minimum absolute atomic E-state index is 0.0484. The highest BCUT2D eigenvalue weighted by Crippen LogP contribution is 2.23. The van der Waals surface area contributed by atoms with E-state index in [-0.39, 0.29) is 18.4 Å². The molecule has 0 bridgehead atoms. The van der Waals surface area contributed by atoms with Gasteiger partial charge >= 0.3 is 0 Å². The number of fused-ring (bicyclic) bond motifs is 1. The van der Waals surface area contributed by atoms with Crippen LogP contribution < -0.4 is 4.90 Å². The smallest absolute Gasteiger partial charge is 0.255 e. The third-order valence-electron chi connectivity index (χ3n) is 4.54. The second-order valence-corrected chi connectivity index (χ2v) is 6.59. The van der Waals surface area contributed by atoms with E-state index < -0.39 is 0 Å². The summed E-state index contributed by atoms with van der Waals surface area (Å²) in [5, 5.41) is 2.33. The van der Waals surface area contributed by atoms with Crippen LogP contribution >= 0.6 is 11.6 Å². The average Bonchev–Trinajstić information content (AvgIpc) is 2.67. The molecule has 0 atom stereocenters. The molecule has 2 amide bonds. The highest BCUT2D eigenvalue weighted by Gasteiger charge is 2.29. The van der Waals surface area contributed by atoms with Gasteiger partial charge in [-0.15, -0.1) is 0 Å². The lowest BCUT2D eigenvalue weighted by atomic mass is 10.1. The van der Waals surface area contributed by atoms with Gasteiger partial charge in [0.2, 0.25) is 5.91 Å². The second kappa shape index (κ2) is 6.77. The summed E-state index contributed by atoms with van der Waals surface area (Å²) in [6, 6.07) is 14.6. The van der Waals surface area contributed by atoms with E-state index in [2.05, 4.69) is 4.98 Å². The highest BCUT2D eigenvalue weighted by molar-refractivity contribution is 6.31. The van der Waals surface area contributed by atoms with Gasteiger partial charge < -0.3 is 9.80 Å². The van der Waals surface area contributed by atoms with E-state index in [0.717, 1.165) is 16.5 Å². The van der Waals surface area contributed by atoms with Crippen LogP contribution in [0.3, 0.4) is 0 Å². The number of rotatable bonds is 2. The first kappa shape index (κ1) is 16.5. The van der Waals surface area contributed by atoms with Crippen LogP contribution in [0.15, 0.2) is 60.9 Å². The molecular formula is C20H16ClN3O2. The van der Waals surface area contributed by atoms with Gasteiger partial charge in [0.05, 0.1) is 0 Å². The lowest BCUT2D eigenvalue weighted by molar-refractivity contribution is -0.120. The third kappa shape index (κ3) is 3.02. The molecule has 0 radical (unpaired) electrons. The van der Waals surface area contributed by atoms with Crippen molar-refractivity contribution in [1.29, 1.82) is 0 Å². The molecule has 6 heteroatoms. The van der Waals surface area contributed by atoms with Crippen molar-refractivity contribution in [2.24, 2.45) is 0 Å². The maximum absolute atomic E-state index is 13.0. The van der Waals surface area contributed by atoms with Crippen LogP contribution in [0, 0.1) is 0 Å². The fraction of sp³-hybridized carbons (Fsp3) is 0.150. The first-order chi connectivity index (χ1) is 12.6. The lowest BCUT2D eigenvalue weighted by Crippen LogP contribution is -2.52. The number of piperazine rings is 1. The largest absolute Gasteiger partial charge is 0.328 e. The van der Waals surface area contributed by atoms with Crippen molar-refractivity contribution in [1.82, 2.24) is 9.88 Å². The Morgan fingerprint density at radius 3 is 2.73 bits per heavy atom. The SMILES string of the molecule is O=C(c1cccc2cnccc12)N1CCN(c2cccc(Cl)c2)C(=O)C1. The molecule has 0 saturated carbocycles. The number of hydrogen-bond acceptors (Lipinski definition) is 3. The van der Waals surface area contributed by atoms with Gasteiger partial charge in [0.1, 0.15) is 6.54 Å². The van der Waals surface area contributed by atoms with Crippen LogP contribution in [0.2, 0.25) is 5.02 Å². The normalized spacial score (nSPS) is 14.7. The molecule has 1 fully saturated rings. The molecule has 1 aliphatic rings. The Balaban J connectivity index is 1.57. The quantitative estimate of drug-likeness (QED) is 0.699. The van der Waals surface area contributed by atoms with E-state index in [4.69, 9.17) is 11.6 Å². The predicted octanol–water partition coefficient (Wildman–Crippen LogP) is 3.38. The zero-order chi connectivity index (χ0) is 18.1. The number of carbonyl (C=O) groups is 2. The van der Waals surface area contributed by atoms with E-state index in [1.54, 1.807) is 40.4 Å². The molecule has 0 spiro atoms. The average molecular weight is 366 g/mol. The number of pyridine rings is 1. The standard InChI is InChI=1S/C20H16ClN3O2/c21-15-4-2-5-16(11-15)24-10-9-23(13-19(24)25)20(26)18-6-1-3-14-12-22-8-7-17(14)18/h1-8,11-12H,9-10,13H2. The van der Waals surface area contributed by atoms with Crippen LogP contribution in [0.4, 0.5) is 5.69 Å². The molecule has 0 N–H and O–H groups in total. The first-order valence-electron chi connectivity index (χ1n) is 8.31. The first-order valence-corrected chi connectivity index (χ1v) is 8.69. The zero-order valence-corrected chi connectivity index (χ0v) is 14.7. The van der Waals surface area contributed by atoms with Crippen molar-refractivity contribution >= 4 is 39.9 Å². The van der Waals surface area contributed by atoms with Gasteiger partial charge in [-0.2, -0.15) is 0 Å². The minimum Gasteiger partial charge on any atom is -0.328 e.